The van der Waals surface area contributed by atoms with Crippen molar-refractivity contribution in [1.82, 2.24) is 4.98 Å². The van der Waals surface area contributed by atoms with Gasteiger partial charge in [0.15, 0.2) is 0 Å². The van der Waals surface area contributed by atoms with E-state index >= 15 is 0 Å². The zero-order valence-electron chi connectivity index (χ0n) is 15.4. The minimum atomic E-state index is -0.434. The Bertz CT molecular complexity index is 959. The van der Waals surface area contributed by atoms with E-state index in [9.17, 15) is 9.59 Å². The Morgan fingerprint density at radius 3 is 2.32 bits per heavy atom. The van der Waals surface area contributed by atoms with Crippen LogP contribution in [0.15, 0.2) is 72.9 Å². The minimum absolute atomic E-state index is 0.159. The van der Waals surface area contributed by atoms with Crippen LogP contribution in [-0.2, 0) is 16.0 Å². The second-order valence-corrected chi connectivity index (χ2v) is 6.82. The first-order valence-corrected chi connectivity index (χ1v) is 9.23. The van der Waals surface area contributed by atoms with Crippen molar-refractivity contribution in [3.05, 3.63) is 89.2 Å². The molecular formula is C22H20ClN3O2. The smallest absolute Gasteiger partial charge is 0.232 e. The predicted molar refractivity (Wildman–Crippen MR) is 112 cm³/mol. The first kappa shape index (κ1) is 19.6. The largest absolute Gasteiger partial charge is 0.326 e. The number of hydrogen-bond acceptors (Lipinski definition) is 3. The fourth-order valence-electron chi connectivity index (χ4n) is 2.89. The van der Waals surface area contributed by atoms with Crippen molar-refractivity contribution in [3.63, 3.8) is 0 Å². The molecule has 0 bridgehead atoms. The van der Waals surface area contributed by atoms with E-state index in [2.05, 4.69) is 15.6 Å². The number of pyridine rings is 1. The molecule has 0 fully saturated rings. The van der Waals surface area contributed by atoms with Gasteiger partial charge in [-0.2, -0.15) is 0 Å². The lowest BCUT2D eigenvalue weighted by atomic mass is 9.93. The number of amides is 2. The van der Waals surface area contributed by atoms with Crippen molar-refractivity contribution in [2.45, 2.75) is 19.3 Å². The van der Waals surface area contributed by atoms with Gasteiger partial charge in [0.25, 0.3) is 0 Å². The first-order valence-electron chi connectivity index (χ1n) is 8.85. The Hall–Kier alpha value is -3.18. The Balaban J connectivity index is 1.84. The number of aromatic nitrogens is 1. The Morgan fingerprint density at radius 2 is 1.68 bits per heavy atom. The second-order valence-electron chi connectivity index (χ2n) is 6.38. The molecule has 1 aromatic heterocycles. The lowest BCUT2D eigenvalue weighted by Crippen LogP contribution is -2.23. The molecule has 3 rings (SSSR count). The lowest BCUT2D eigenvalue weighted by molar-refractivity contribution is -0.117. The molecule has 142 valence electrons. The monoisotopic (exact) mass is 393 g/mol. The van der Waals surface area contributed by atoms with E-state index in [1.54, 1.807) is 42.6 Å². The molecule has 1 unspecified atom stereocenters. The normalized spacial score (nSPS) is 11.5. The number of halogens is 1. The molecule has 2 N–H and O–H groups in total. The van der Waals surface area contributed by atoms with E-state index in [4.69, 9.17) is 11.6 Å². The summed E-state index contributed by atoms with van der Waals surface area (Å²) < 4.78 is 0. The Labute approximate surface area is 168 Å². The highest BCUT2D eigenvalue weighted by molar-refractivity contribution is 6.30. The summed E-state index contributed by atoms with van der Waals surface area (Å²) in [6, 6.07) is 19.9. The van der Waals surface area contributed by atoms with Gasteiger partial charge in [0.05, 0.1) is 5.92 Å². The van der Waals surface area contributed by atoms with Crippen LogP contribution >= 0.6 is 11.6 Å². The molecule has 2 amide bonds. The molecule has 0 saturated carbocycles. The highest BCUT2D eigenvalue weighted by atomic mass is 35.5. The average Bonchev–Trinajstić information content (AvgIpc) is 2.67. The molecule has 1 atom stereocenters. The van der Waals surface area contributed by atoms with Gasteiger partial charge < -0.3 is 10.6 Å². The quantitative estimate of drug-likeness (QED) is 0.639. The first-order chi connectivity index (χ1) is 13.5. The molecule has 0 radical (unpaired) electrons. The molecule has 0 aliphatic heterocycles. The molecule has 6 heteroatoms. The Kier molecular flexibility index (Phi) is 6.40. The van der Waals surface area contributed by atoms with Gasteiger partial charge in [0.2, 0.25) is 11.8 Å². The molecule has 0 aliphatic rings. The molecule has 0 spiro atoms. The molecular weight excluding hydrogens is 374 g/mol. The van der Waals surface area contributed by atoms with E-state index in [0.717, 1.165) is 11.3 Å². The Morgan fingerprint density at radius 1 is 0.964 bits per heavy atom. The molecule has 5 nitrogen and oxygen atoms in total. The van der Waals surface area contributed by atoms with E-state index in [0.29, 0.717) is 22.8 Å². The third kappa shape index (κ3) is 5.41. The summed E-state index contributed by atoms with van der Waals surface area (Å²) >= 11 is 6.00. The van der Waals surface area contributed by atoms with Gasteiger partial charge in [-0.15, -0.1) is 0 Å². The third-order valence-corrected chi connectivity index (χ3v) is 4.43. The van der Waals surface area contributed by atoms with Crippen LogP contribution in [0.25, 0.3) is 0 Å². The molecule has 2 aromatic carbocycles. The van der Waals surface area contributed by atoms with Crippen LogP contribution in [0.3, 0.4) is 0 Å². The van der Waals surface area contributed by atoms with Gasteiger partial charge in [-0.25, -0.2) is 0 Å². The van der Waals surface area contributed by atoms with E-state index in [-0.39, 0.29) is 11.8 Å². The molecule has 28 heavy (non-hydrogen) atoms. The summed E-state index contributed by atoms with van der Waals surface area (Å²) in [5.74, 6) is -0.762. The van der Waals surface area contributed by atoms with Crippen LogP contribution in [0.5, 0.6) is 0 Å². The predicted octanol–water partition coefficient (Wildman–Crippen LogP) is 4.66. The zero-order chi connectivity index (χ0) is 19.9. The van der Waals surface area contributed by atoms with Gasteiger partial charge in [0.1, 0.15) is 0 Å². The number of nitrogens with one attached hydrogen (secondary N) is 2. The number of carbonyl (C=O) groups excluding carboxylic acids is 2. The number of hydrogen-bond donors (Lipinski definition) is 2. The summed E-state index contributed by atoms with van der Waals surface area (Å²) in [6.45, 7) is 1.44. The number of nitrogens with zero attached hydrogens (tertiary/aromatic N) is 1. The summed E-state index contributed by atoms with van der Waals surface area (Å²) in [5, 5.41) is 6.26. The van der Waals surface area contributed by atoms with Crippen molar-refractivity contribution < 1.29 is 9.59 Å². The van der Waals surface area contributed by atoms with Gasteiger partial charge in [-0.1, -0.05) is 35.9 Å². The van der Waals surface area contributed by atoms with Gasteiger partial charge >= 0.3 is 0 Å². The number of rotatable bonds is 6. The summed E-state index contributed by atoms with van der Waals surface area (Å²) in [7, 11) is 0. The topological polar surface area (TPSA) is 71.1 Å². The number of benzene rings is 2. The molecule has 1 heterocycles. The number of anilines is 2. The van der Waals surface area contributed by atoms with Crippen LogP contribution in [0, 0.1) is 0 Å². The van der Waals surface area contributed by atoms with Crippen LogP contribution in [-0.4, -0.2) is 16.8 Å². The maximum atomic E-state index is 13.1. The molecule has 3 aromatic rings. The average molecular weight is 394 g/mol. The molecule has 0 aliphatic carbocycles. The standard InChI is InChI=1S/C22H20ClN3O2/c1-15(27)25-19-6-4-7-20(13-19)26-22(28)21(14-18-5-2-3-12-24-18)16-8-10-17(23)11-9-16/h2-13,21H,14H2,1H3,(H,25,27)(H,26,28). The highest BCUT2D eigenvalue weighted by Crippen LogP contribution is 2.25. The SMILES string of the molecule is CC(=O)Nc1cccc(NC(=O)C(Cc2ccccn2)c2ccc(Cl)cc2)c1. The highest BCUT2D eigenvalue weighted by Gasteiger charge is 2.22. The van der Waals surface area contributed by atoms with Crippen LogP contribution in [0.2, 0.25) is 5.02 Å². The van der Waals surface area contributed by atoms with Crippen molar-refractivity contribution in [3.8, 4) is 0 Å². The molecule has 0 saturated heterocycles. The second kappa shape index (κ2) is 9.15. The van der Waals surface area contributed by atoms with Crippen LogP contribution < -0.4 is 10.6 Å². The van der Waals surface area contributed by atoms with Crippen molar-refractivity contribution in [2.24, 2.45) is 0 Å². The van der Waals surface area contributed by atoms with Crippen LogP contribution in [0.1, 0.15) is 24.1 Å². The van der Waals surface area contributed by atoms with E-state index < -0.39 is 5.92 Å². The third-order valence-electron chi connectivity index (χ3n) is 4.18. The van der Waals surface area contributed by atoms with E-state index in [1.165, 1.54) is 6.92 Å². The van der Waals surface area contributed by atoms with Crippen LogP contribution in [0.4, 0.5) is 11.4 Å². The lowest BCUT2D eigenvalue weighted by Gasteiger charge is -2.18. The minimum Gasteiger partial charge on any atom is -0.326 e. The zero-order valence-corrected chi connectivity index (χ0v) is 16.1. The van der Waals surface area contributed by atoms with Gasteiger partial charge in [-0.05, 0) is 48.0 Å². The van der Waals surface area contributed by atoms with Crippen molar-refractivity contribution in [1.29, 1.82) is 0 Å². The summed E-state index contributed by atoms with van der Waals surface area (Å²) in [6.07, 6.45) is 2.17. The van der Waals surface area contributed by atoms with Gasteiger partial charge in [0, 0.05) is 41.6 Å². The maximum absolute atomic E-state index is 13.1. The summed E-state index contributed by atoms with van der Waals surface area (Å²) in [4.78, 5) is 28.7. The summed E-state index contributed by atoms with van der Waals surface area (Å²) in [5.41, 5.74) is 2.91. The maximum Gasteiger partial charge on any atom is 0.232 e. The fourth-order valence-corrected chi connectivity index (χ4v) is 3.02. The van der Waals surface area contributed by atoms with Crippen molar-refractivity contribution in [2.75, 3.05) is 10.6 Å². The van der Waals surface area contributed by atoms with E-state index in [1.807, 2.05) is 30.3 Å². The van der Waals surface area contributed by atoms with Crippen molar-refractivity contribution >= 4 is 34.8 Å². The number of carbonyl (C=O) groups is 2. The fraction of sp³-hybridized carbons (Fsp3) is 0.136. The van der Waals surface area contributed by atoms with Gasteiger partial charge in [-0.3, -0.25) is 14.6 Å².